The van der Waals surface area contributed by atoms with E-state index in [9.17, 15) is 0 Å². The molecular weight excluding hydrogens is 919 g/mol. The average molecular weight is 976 g/mol. The zero-order chi connectivity index (χ0) is 44.0. The van der Waals surface area contributed by atoms with Gasteiger partial charge in [0.25, 0.3) is 0 Å². The van der Waals surface area contributed by atoms with Crippen LogP contribution in [0.3, 0.4) is 0 Å². The van der Waals surface area contributed by atoms with Gasteiger partial charge in [-0.3, -0.25) is 0 Å². The first-order valence-electron chi connectivity index (χ1n) is 21.5. The molecule has 8 rings (SSSR count). The summed E-state index contributed by atoms with van der Waals surface area (Å²) >= 11 is -1.59. The van der Waals surface area contributed by atoms with Gasteiger partial charge in [0.2, 0.25) is 0 Å². The number of benzene rings is 8. The van der Waals surface area contributed by atoms with E-state index in [1.807, 2.05) is 21.3 Å². The van der Waals surface area contributed by atoms with Gasteiger partial charge in [0.15, 0.2) is 0 Å². The Hall–Kier alpha value is -3.69. The van der Waals surface area contributed by atoms with E-state index in [4.69, 9.17) is 13.6 Å². The molecule has 0 bridgehead atoms. The molecule has 2 atom stereocenters. The molecular formula is C55H56FeO3P5. The number of hydrogen-bond acceptors (Lipinski definition) is 3. The van der Waals surface area contributed by atoms with Gasteiger partial charge in [-0.2, -0.15) is 0 Å². The quantitative estimate of drug-likeness (QED) is 0.0563. The summed E-state index contributed by atoms with van der Waals surface area (Å²) in [5.41, 5.74) is 0. The van der Waals surface area contributed by atoms with E-state index in [2.05, 4.69) is 243 Å². The Morgan fingerprint density at radius 2 is 0.500 bits per heavy atom. The summed E-state index contributed by atoms with van der Waals surface area (Å²) in [6.07, 6.45) is 1.89. The van der Waals surface area contributed by atoms with Gasteiger partial charge in [-0.1, -0.05) is 0 Å². The van der Waals surface area contributed by atoms with Crippen LogP contribution in [-0.2, 0) is 27.0 Å². The van der Waals surface area contributed by atoms with Gasteiger partial charge in [-0.15, -0.1) is 0 Å². The van der Waals surface area contributed by atoms with E-state index in [1.165, 1.54) is 42.4 Å². The predicted octanol–water partition coefficient (Wildman–Crippen LogP) is 11.1. The van der Waals surface area contributed by atoms with Crippen molar-refractivity contribution >= 4 is 80.8 Å². The Balaban J connectivity index is 1.48. The molecule has 0 aliphatic rings. The maximum absolute atomic E-state index is 7.06. The third kappa shape index (κ3) is 11.1. The molecule has 3 nitrogen and oxygen atoms in total. The Kier molecular flexibility index (Phi) is 17.3. The standard InChI is InChI=1S/2C26H23P2.C3H10O3P.Fe/c2*1-5-13-23(14-6-1)27(24-15-7-2-8-16-24)21-22-28(25-17-9-3-10-18-25)26-19-11-4-12-20-26;1-4-7(5-2)6-3;/h2*1-21H,22H2;7H,1-3H3;/q;;+1;-1. The van der Waals surface area contributed by atoms with Crippen molar-refractivity contribution in [3.63, 3.8) is 0 Å². The molecule has 0 saturated heterocycles. The molecule has 0 spiro atoms. The monoisotopic (exact) mass is 975 g/mol. The number of hydrogen-bond donors (Lipinski definition) is 0. The summed E-state index contributed by atoms with van der Waals surface area (Å²) in [5, 5.41) is 11.0. The summed E-state index contributed by atoms with van der Waals surface area (Å²) in [6.45, 7) is -3.53. The van der Waals surface area contributed by atoms with Gasteiger partial charge in [-0.25, -0.2) is 0 Å². The van der Waals surface area contributed by atoms with E-state index < -0.39 is 51.8 Å². The van der Waals surface area contributed by atoms with Crippen LogP contribution in [0, 0.1) is 0 Å². The summed E-state index contributed by atoms with van der Waals surface area (Å²) in [4.78, 5) is 0. The molecule has 0 fully saturated rings. The Morgan fingerprint density at radius 1 is 0.312 bits per heavy atom. The fraction of sp³-hybridized carbons (Fsp3) is 0.127. The first kappa shape index (κ1) is 46.8. The van der Waals surface area contributed by atoms with E-state index in [1.54, 1.807) is 0 Å². The third-order valence-electron chi connectivity index (χ3n) is 11.1. The fourth-order valence-corrected chi connectivity index (χ4v) is 40.6. The Bertz CT molecular complexity index is 2210. The van der Waals surface area contributed by atoms with Crippen LogP contribution in [0.15, 0.2) is 243 Å². The normalized spacial score (nSPS) is 13.3. The second-order valence-electron chi connectivity index (χ2n) is 14.9. The third-order valence-corrected chi connectivity index (χ3v) is 37.5. The first-order valence-corrected chi connectivity index (χ1v) is 31.8. The van der Waals surface area contributed by atoms with E-state index >= 15 is 0 Å². The summed E-state index contributed by atoms with van der Waals surface area (Å²) in [6, 6.07) is 90.5. The molecule has 327 valence electrons. The van der Waals surface area contributed by atoms with Crippen molar-refractivity contribution in [3.8, 4) is 0 Å². The van der Waals surface area contributed by atoms with Crippen LogP contribution in [0.2, 0.25) is 0 Å². The minimum absolute atomic E-state index is 0.128. The van der Waals surface area contributed by atoms with Crippen molar-refractivity contribution in [2.45, 2.75) is 9.11 Å². The minimum atomic E-state index is -3.53. The zero-order valence-electron chi connectivity index (χ0n) is 36.5. The van der Waals surface area contributed by atoms with Gasteiger partial charge in [-0.05, 0) is 0 Å². The SMILES string of the molecule is CO[PH](OC)(OC)[Fe]([CH](CP(c1ccccc1)c1ccccc1)P(c1ccccc1)c1ccccc1)[CH](CP(c1ccccc1)c1ccccc1)P(c1ccccc1)c1ccccc1. The molecule has 0 saturated carbocycles. The maximum atomic E-state index is 7.06. The molecule has 0 amide bonds. The van der Waals surface area contributed by atoms with Crippen molar-refractivity contribution in [1.82, 2.24) is 0 Å². The molecule has 0 radical (unpaired) electrons. The van der Waals surface area contributed by atoms with Crippen LogP contribution in [0.25, 0.3) is 0 Å². The van der Waals surface area contributed by atoms with E-state index in [0.29, 0.717) is 0 Å². The first-order chi connectivity index (χ1) is 31.6. The van der Waals surface area contributed by atoms with Crippen LogP contribution < -0.4 is 42.4 Å². The van der Waals surface area contributed by atoms with Crippen molar-refractivity contribution in [3.05, 3.63) is 243 Å². The van der Waals surface area contributed by atoms with Crippen LogP contribution in [0.5, 0.6) is 0 Å². The van der Waals surface area contributed by atoms with Crippen molar-refractivity contribution in [2.24, 2.45) is 0 Å². The molecule has 8 aromatic rings. The van der Waals surface area contributed by atoms with Gasteiger partial charge < -0.3 is 0 Å². The van der Waals surface area contributed by atoms with Gasteiger partial charge in [0, 0.05) is 0 Å². The molecule has 0 aliphatic heterocycles. The van der Waals surface area contributed by atoms with Gasteiger partial charge >= 0.3 is 393 Å². The van der Waals surface area contributed by atoms with Gasteiger partial charge in [0.1, 0.15) is 0 Å². The summed E-state index contributed by atoms with van der Waals surface area (Å²) < 4.78 is 21.4. The van der Waals surface area contributed by atoms with E-state index in [0.717, 1.165) is 12.3 Å². The molecule has 0 N–H and O–H groups in total. The average Bonchev–Trinajstić information content (AvgIpc) is 3.38. The molecule has 0 aliphatic carbocycles. The van der Waals surface area contributed by atoms with Crippen LogP contribution >= 0.6 is 38.3 Å². The zero-order valence-corrected chi connectivity index (χ0v) is 42.2. The summed E-state index contributed by atoms with van der Waals surface area (Å²) in [7, 11) is 1.86. The van der Waals surface area contributed by atoms with Crippen LogP contribution in [0.4, 0.5) is 0 Å². The van der Waals surface area contributed by atoms with E-state index in [-0.39, 0.29) is 9.11 Å². The molecule has 0 heterocycles. The topological polar surface area (TPSA) is 27.7 Å². The van der Waals surface area contributed by atoms with Crippen LogP contribution in [0.1, 0.15) is 0 Å². The second-order valence-corrected chi connectivity index (χ2v) is 33.5. The summed E-state index contributed by atoms with van der Waals surface area (Å²) in [5.74, 6) is 0. The molecule has 0 aromatic heterocycles. The molecule has 2 unspecified atom stereocenters. The predicted molar refractivity (Wildman–Crippen MR) is 283 cm³/mol. The van der Waals surface area contributed by atoms with Crippen molar-refractivity contribution < 1.29 is 27.0 Å². The van der Waals surface area contributed by atoms with Crippen molar-refractivity contribution in [1.29, 1.82) is 0 Å². The molecule has 9 heteroatoms. The number of rotatable bonds is 20. The van der Waals surface area contributed by atoms with Crippen molar-refractivity contribution in [2.75, 3.05) is 33.7 Å². The molecule has 64 heavy (non-hydrogen) atoms. The van der Waals surface area contributed by atoms with Gasteiger partial charge in [0.05, 0.1) is 0 Å². The fourth-order valence-electron chi connectivity index (χ4n) is 8.17. The second kappa shape index (κ2) is 23.7. The molecule has 8 aromatic carbocycles. The van der Waals surface area contributed by atoms with Crippen LogP contribution in [-0.4, -0.2) is 42.8 Å². The Labute approximate surface area is 390 Å². The Morgan fingerprint density at radius 3 is 0.688 bits per heavy atom.